The number of carbonyl (C=O) groups is 1. The maximum atomic E-state index is 12.5. The van der Waals surface area contributed by atoms with Gasteiger partial charge in [0.1, 0.15) is 5.82 Å². The molecule has 25 heavy (non-hydrogen) atoms. The SMILES string of the molecule is Cn1cc(-n2cc(C(=O)NCc3cnc4n3CCC4)ccc2=O)cn1. The van der Waals surface area contributed by atoms with Crippen LogP contribution in [0, 0.1) is 0 Å². The van der Waals surface area contributed by atoms with Gasteiger partial charge in [0.2, 0.25) is 0 Å². The highest BCUT2D eigenvalue weighted by atomic mass is 16.2. The number of amides is 1. The predicted molar refractivity (Wildman–Crippen MR) is 90.5 cm³/mol. The molecule has 0 fully saturated rings. The van der Waals surface area contributed by atoms with E-state index in [1.165, 1.54) is 22.9 Å². The van der Waals surface area contributed by atoms with Gasteiger partial charge in [0.25, 0.3) is 11.5 Å². The van der Waals surface area contributed by atoms with E-state index >= 15 is 0 Å². The summed E-state index contributed by atoms with van der Waals surface area (Å²) in [5, 5.41) is 6.96. The molecular formula is C17H18N6O2. The van der Waals surface area contributed by atoms with Crippen molar-refractivity contribution in [3.63, 3.8) is 0 Å². The summed E-state index contributed by atoms with van der Waals surface area (Å²) < 4.78 is 5.17. The standard InChI is InChI=1S/C17H18N6O2/c1-21-11-14(9-20-21)23-10-12(4-5-16(23)24)17(25)19-8-13-7-18-15-3-2-6-22(13)15/h4-5,7,9-11H,2-3,6,8H2,1H3,(H,19,25). The number of carbonyl (C=O) groups excluding carboxylic acids is 1. The molecule has 0 saturated heterocycles. The first-order chi connectivity index (χ1) is 12.1. The Kier molecular flexibility index (Phi) is 3.72. The summed E-state index contributed by atoms with van der Waals surface area (Å²) in [6, 6.07) is 2.92. The quantitative estimate of drug-likeness (QED) is 0.756. The Balaban J connectivity index is 1.53. The molecule has 0 spiro atoms. The van der Waals surface area contributed by atoms with E-state index in [2.05, 4.69) is 20.0 Å². The lowest BCUT2D eigenvalue weighted by Crippen LogP contribution is -2.26. The van der Waals surface area contributed by atoms with E-state index in [-0.39, 0.29) is 11.5 Å². The number of nitrogens with one attached hydrogen (secondary N) is 1. The van der Waals surface area contributed by atoms with Crippen molar-refractivity contribution in [1.82, 2.24) is 29.2 Å². The molecule has 1 aliphatic rings. The van der Waals surface area contributed by atoms with Gasteiger partial charge in [-0.1, -0.05) is 0 Å². The first kappa shape index (κ1) is 15.4. The minimum absolute atomic E-state index is 0.210. The number of hydrogen-bond acceptors (Lipinski definition) is 4. The summed E-state index contributed by atoms with van der Waals surface area (Å²) in [6.07, 6.45) is 8.74. The Morgan fingerprint density at radius 1 is 1.28 bits per heavy atom. The fourth-order valence-electron chi connectivity index (χ4n) is 3.09. The molecule has 0 radical (unpaired) electrons. The summed E-state index contributed by atoms with van der Waals surface area (Å²) >= 11 is 0. The molecule has 128 valence electrons. The fraction of sp³-hybridized carbons (Fsp3) is 0.294. The molecule has 0 saturated carbocycles. The van der Waals surface area contributed by atoms with E-state index in [0.29, 0.717) is 17.8 Å². The molecule has 1 N–H and O–H groups in total. The van der Waals surface area contributed by atoms with Crippen LogP contribution < -0.4 is 10.9 Å². The van der Waals surface area contributed by atoms with Gasteiger partial charge >= 0.3 is 0 Å². The van der Waals surface area contributed by atoms with Crippen molar-refractivity contribution in [2.24, 2.45) is 7.05 Å². The largest absolute Gasteiger partial charge is 0.346 e. The zero-order valence-electron chi connectivity index (χ0n) is 13.8. The Labute approximate surface area is 143 Å². The zero-order valence-corrected chi connectivity index (χ0v) is 13.8. The van der Waals surface area contributed by atoms with Crippen molar-refractivity contribution in [3.05, 3.63) is 64.4 Å². The molecule has 1 aliphatic heterocycles. The van der Waals surface area contributed by atoms with Gasteiger partial charge in [-0.25, -0.2) is 4.98 Å². The molecule has 3 aromatic heterocycles. The summed E-state index contributed by atoms with van der Waals surface area (Å²) in [5.41, 5.74) is 1.83. The van der Waals surface area contributed by atoms with E-state index in [0.717, 1.165) is 30.9 Å². The Hall–Kier alpha value is -3.16. The molecule has 8 nitrogen and oxygen atoms in total. The van der Waals surface area contributed by atoms with Crippen LogP contribution in [0.1, 0.15) is 28.3 Å². The normalized spacial score (nSPS) is 13.0. The summed E-state index contributed by atoms with van der Waals surface area (Å²) in [6.45, 7) is 1.37. The fourth-order valence-corrected chi connectivity index (χ4v) is 3.09. The number of aryl methyl sites for hydroxylation is 2. The van der Waals surface area contributed by atoms with Crippen LogP contribution in [0.25, 0.3) is 5.69 Å². The van der Waals surface area contributed by atoms with Gasteiger partial charge in [0.15, 0.2) is 0 Å². The highest BCUT2D eigenvalue weighted by Crippen LogP contribution is 2.16. The molecule has 0 bridgehead atoms. The molecule has 1 amide bonds. The number of fused-ring (bicyclic) bond motifs is 1. The van der Waals surface area contributed by atoms with Crippen molar-refractivity contribution in [1.29, 1.82) is 0 Å². The minimum atomic E-state index is -0.230. The third-order valence-corrected chi connectivity index (χ3v) is 4.38. The average molecular weight is 338 g/mol. The van der Waals surface area contributed by atoms with Gasteiger partial charge in [0, 0.05) is 38.5 Å². The van der Waals surface area contributed by atoms with Gasteiger partial charge in [0.05, 0.1) is 35.9 Å². The Morgan fingerprint density at radius 3 is 2.96 bits per heavy atom. The zero-order chi connectivity index (χ0) is 17.4. The molecule has 8 heteroatoms. The molecule has 0 aromatic carbocycles. The number of rotatable bonds is 4. The van der Waals surface area contributed by atoms with E-state index < -0.39 is 0 Å². The molecule has 4 rings (SSSR count). The smallest absolute Gasteiger partial charge is 0.255 e. The van der Waals surface area contributed by atoms with Crippen molar-refractivity contribution in [2.75, 3.05) is 0 Å². The second-order valence-corrected chi connectivity index (χ2v) is 6.10. The van der Waals surface area contributed by atoms with Crippen LogP contribution >= 0.6 is 0 Å². The molecule has 4 heterocycles. The van der Waals surface area contributed by atoms with Crippen molar-refractivity contribution in [2.45, 2.75) is 25.9 Å². The lowest BCUT2D eigenvalue weighted by atomic mass is 10.2. The first-order valence-corrected chi connectivity index (χ1v) is 8.15. The lowest BCUT2D eigenvalue weighted by molar-refractivity contribution is 0.0949. The average Bonchev–Trinajstić information content (AvgIpc) is 3.30. The first-order valence-electron chi connectivity index (χ1n) is 8.15. The van der Waals surface area contributed by atoms with Gasteiger partial charge in [-0.05, 0) is 12.5 Å². The van der Waals surface area contributed by atoms with Gasteiger partial charge < -0.3 is 9.88 Å². The third kappa shape index (κ3) is 2.86. The van der Waals surface area contributed by atoms with Crippen LogP contribution in [0.5, 0.6) is 0 Å². The maximum Gasteiger partial charge on any atom is 0.255 e. The van der Waals surface area contributed by atoms with Crippen LogP contribution in [0.15, 0.2) is 41.7 Å². The number of hydrogen-bond donors (Lipinski definition) is 1. The van der Waals surface area contributed by atoms with Crippen LogP contribution in [0.4, 0.5) is 0 Å². The number of imidazole rings is 1. The molecule has 0 aliphatic carbocycles. The van der Waals surface area contributed by atoms with Crippen LogP contribution in [-0.4, -0.2) is 29.8 Å². The van der Waals surface area contributed by atoms with Crippen LogP contribution in [0.3, 0.4) is 0 Å². The summed E-state index contributed by atoms with van der Waals surface area (Å²) in [7, 11) is 1.77. The molecular weight excluding hydrogens is 320 g/mol. The number of aromatic nitrogens is 5. The van der Waals surface area contributed by atoms with E-state index in [9.17, 15) is 9.59 Å². The van der Waals surface area contributed by atoms with Crippen LogP contribution in [0.2, 0.25) is 0 Å². The summed E-state index contributed by atoms with van der Waals surface area (Å²) in [4.78, 5) is 28.9. The predicted octanol–water partition coefficient (Wildman–Crippen LogP) is 0.644. The molecule has 0 unspecified atom stereocenters. The number of pyridine rings is 1. The minimum Gasteiger partial charge on any atom is -0.346 e. The van der Waals surface area contributed by atoms with Crippen molar-refractivity contribution < 1.29 is 4.79 Å². The van der Waals surface area contributed by atoms with E-state index in [4.69, 9.17) is 0 Å². The van der Waals surface area contributed by atoms with Gasteiger partial charge in [-0.2, -0.15) is 5.10 Å². The highest BCUT2D eigenvalue weighted by Gasteiger charge is 2.16. The molecule has 3 aromatic rings. The maximum absolute atomic E-state index is 12.5. The van der Waals surface area contributed by atoms with E-state index in [1.807, 2.05) is 6.20 Å². The van der Waals surface area contributed by atoms with E-state index in [1.54, 1.807) is 24.1 Å². The van der Waals surface area contributed by atoms with Crippen molar-refractivity contribution in [3.8, 4) is 5.69 Å². The van der Waals surface area contributed by atoms with Crippen molar-refractivity contribution >= 4 is 5.91 Å². The topological polar surface area (TPSA) is 86.7 Å². The second-order valence-electron chi connectivity index (χ2n) is 6.10. The third-order valence-electron chi connectivity index (χ3n) is 4.38. The monoisotopic (exact) mass is 338 g/mol. The molecule has 0 atom stereocenters. The highest BCUT2D eigenvalue weighted by molar-refractivity contribution is 5.93. The van der Waals surface area contributed by atoms with Gasteiger partial charge in [-0.15, -0.1) is 0 Å². The van der Waals surface area contributed by atoms with Gasteiger partial charge in [-0.3, -0.25) is 18.8 Å². The van der Waals surface area contributed by atoms with Crippen LogP contribution in [-0.2, 0) is 26.6 Å². The second kappa shape index (κ2) is 6.04. The summed E-state index contributed by atoms with van der Waals surface area (Å²) in [5.74, 6) is 0.848. The Bertz CT molecular complexity index is 997. The lowest BCUT2D eigenvalue weighted by Gasteiger charge is -2.09. The Morgan fingerprint density at radius 2 is 2.16 bits per heavy atom. The number of nitrogens with zero attached hydrogens (tertiary/aromatic N) is 5.